The lowest BCUT2D eigenvalue weighted by Crippen LogP contribution is -2.37. The highest BCUT2D eigenvalue weighted by Crippen LogP contribution is 2.23. The lowest BCUT2D eigenvalue weighted by molar-refractivity contribution is 0.450. The lowest BCUT2D eigenvalue weighted by atomic mass is 10.2. The highest BCUT2D eigenvalue weighted by Gasteiger charge is 2.08. The van der Waals surface area contributed by atoms with E-state index in [2.05, 4.69) is 38.7 Å². The number of pyridine rings is 1. The number of aryl methyl sites for hydroxylation is 3. The Hall–Kier alpha value is -2.69. The number of guanidine groups is 1. The monoisotopic (exact) mass is 538 g/mol. The van der Waals surface area contributed by atoms with E-state index in [0.29, 0.717) is 24.1 Å². The van der Waals surface area contributed by atoms with Crippen LogP contribution in [-0.4, -0.2) is 34.3 Å². The van der Waals surface area contributed by atoms with E-state index in [1.807, 2.05) is 23.7 Å². The SMILES string of the molecule is CN=C(NCCCn1nc(C)cc1C)NCc1cccnc1Oc1cccc(F)c1.I. The summed E-state index contributed by atoms with van der Waals surface area (Å²) in [5.74, 6) is 1.16. The molecule has 0 aliphatic heterocycles. The molecule has 0 saturated heterocycles. The number of benzene rings is 1. The van der Waals surface area contributed by atoms with E-state index in [1.54, 1.807) is 25.4 Å². The molecule has 2 aromatic heterocycles. The molecule has 3 aromatic rings. The molecule has 0 atom stereocenters. The zero-order chi connectivity index (χ0) is 21.3. The maximum absolute atomic E-state index is 13.4. The normalized spacial score (nSPS) is 11.0. The van der Waals surface area contributed by atoms with Crippen LogP contribution >= 0.6 is 24.0 Å². The number of nitrogens with zero attached hydrogens (tertiary/aromatic N) is 4. The second-order valence-corrected chi connectivity index (χ2v) is 6.88. The Morgan fingerprint density at radius 3 is 2.71 bits per heavy atom. The first kappa shape index (κ1) is 24.6. The molecule has 0 spiro atoms. The molecule has 2 heterocycles. The summed E-state index contributed by atoms with van der Waals surface area (Å²) in [5.41, 5.74) is 3.04. The van der Waals surface area contributed by atoms with Crippen LogP contribution in [0.5, 0.6) is 11.6 Å². The predicted molar refractivity (Wildman–Crippen MR) is 131 cm³/mol. The highest BCUT2D eigenvalue weighted by molar-refractivity contribution is 14.0. The van der Waals surface area contributed by atoms with E-state index in [1.165, 1.54) is 12.1 Å². The van der Waals surface area contributed by atoms with Gasteiger partial charge in [-0.3, -0.25) is 9.67 Å². The number of halogens is 2. The molecule has 9 heteroatoms. The molecule has 2 N–H and O–H groups in total. The Balaban J connectivity index is 0.00000341. The van der Waals surface area contributed by atoms with Crippen LogP contribution in [0.2, 0.25) is 0 Å². The summed E-state index contributed by atoms with van der Waals surface area (Å²) < 4.78 is 21.2. The molecule has 0 bridgehead atoms. The van der Waals surface area contributed by atoms with Gasteiger partial charge in [-0.1, -0.05) is 12.1 Å². The summed E-state index contributed by atoms with van der Waals surface area (Å²) >= 11 is 0. The van der Waals surface area contributed by atoms with Crippen LogP contribution in [0.4, 0.5) is 4.39 Å². The third-order valence-electron chi connectivity index (χ3n) is 4.47. The van der Waals surface area contributed by atoms with E-state index in [9.17, 15) is 4.39 Å². The van der Waals surface area contributed by atoms with Crippen LogP contribution in [0, 0.1) is 19.7 Å². The fraction of sp³-hybridized carbons (Fsp3) is 0.318. The van der Waals surface area contributed by atoms with E-state index >= 15 is 0 Å². The van der Waals surface area contributed by atoms with Crippen LogP contribution in [0.3, 0.4) is 0 Å². The average Bonchev–Trinajstić information content (AvgIpc) is 3.05. The molecule has 31 heavy (non-hydrogen) atoms. The topological polar surface area (TPSA) is 76.4 Å². The van der Waals surface area contributed by atoms with Gasteiger partial charge in [0, 0.05) is 50.2 Å². The first-order valence-electron chi connectivity index (χ1n) is 9.88. The van der Waals surface area contributed by atoms with Crippen LogP contribution < -0.4 is 15.4 Å². The van der Waals surface area contributed by atoms with Gasteiger partial charge in [0.25, 0.3) is 0 Å². The van der Waals surface area contributed by atoms with Gasteiger partial charge in [0.15, 0.2) is 5.96 Å². The Labute approximate surface area is 199 Å². The summed E-state index contributed by atoms with van der Waals surface area (Å²) in [6, 6.07) is 11.8. The van der Waals surface area contributed by atoms with Gasteiger partial charge >= 0.3 is 0 Å². The highest BCUT2D eigenvalue weighted by atomic mass is 127. The van der Waals surface area contributed by atoms with Gasteiger partial charge in [0.05, 0.1) is 5.69 Å². The molecule has 0 saturated carbocycles. The Bertz CT molecular complexity index is 1010. The fourth-order valence-corrected chi connectivity index (χ4v) is 3.03. The summed E-state index contributed by atoms with van der Waals surface area (Å²) in [6.07, 6.45) is 2.56. The molecule has 0 amide bonds. The van der Waals surface area contributed by atoms with Crippen molar-refractivity contribution in [3.8, 4) is 11.6 Å². The van der Waals surface area contributed by atoms with Crippen molar-refractivity contribution in [2.45, 2.75) is 33.4 Å². The fourth-order valence-electron chi connectivity index (χ4n) is 3.03. The minimum atomic E-state index is -0.354. The lowest BCUT2D eigenvalue weighted by Gasteiger charge is -2.14. The average molecular weight is 538 g/mol. The number of hydrogen-bond donors (Lipinski definition) is 2. The third kappa shape index (κ3) is 7.50. The maximum Gasteiger partial charge on any atom is 0.224 e. The van der Waals surface area contributed by atoms with Crippen molar-refractivity contribution in [3.05, 3.63) is 71.4 Å². The van der Waals surface area contributed by atoms with Gasteiger partial charge in [0.2, 0.25) is 5.88 Å². The molecule has 0 aliphatic rings. The van der Waals surface area contributed by atoms with E-state index in [0.717, 1.165) is 36.5 Å². The molecular formula is C22H28FIN6O. The zero-order valence-electron chi connectivity index (χ0n) is 17.9. The number of aromatic nitrogens is 3. The van der Waals surface area contributed by atoms with E-state index in [-0.39, 0.29) is 29.8 Å². The van der Waals surface area contributed by atoms with Gasteiger partial charge in [-0.15, -0.1) is 24.0 Å². The van der Waals surface area contributed by atoms with E-state index in [4.69, 9.17) is 4.74 Å². The smallest absolute Gasteiger partial charge is 0.224 e. The number of aliphatic imine (C=N–C) groups is 1. The molecular weight excluding hydrogens is 510 g/mol. The summed E-state index contributed by atoms with van der Waals surface area (Å²) in [6.45, 7) is 6.13. The maximum atomic E-state index is 13.4. The van der Waals surface area contributed by atoms with Crippen LogP contribution in [0.25, 0.3) is 0 Å². The molecule has 1 aromatic carbocycles. The van der Waals surface area contributed by atoms with Crippen LogP contribution in [0.15, 0.2) is 53.7 Å². The second kappa shape index (κ2) is 12.2. The molecule has 3 rings (SSSR count). The standard InChI is InChI=1S/C22H27FN6O.HI/c1-16-13-17(2)29(28-16)12-6-11-26-22(24-3)27-15-18-7-5-10-25-21(18)30-20-9-4-8-19(23)14-20;/h4-5,7-10,13-14H,6,11-12,15H2,1-3H3,(H2,24,26,27);1H. The van der Waals surface area contributed by atoms with Gasteiger partial charge in [-0.2, -0.15) is 5.10 Å². The molecule has 0 aliphatic carbocycles. The first-order valence-corrected chi connectivity index (χ1v) is 9.88. The van der Waals surface area contributed by atoms with Gasteiger partial charge in [0.1, 0.15) is 11.6 Å². The van der Waals surface area contributed by atoms with Gasteiger partial charge in [-0.05, 0) is 44.5 Å². The molecule has 0 radical (unpaired) electrons. The van der Waals surface area contributed by atoms with Crippen LogP contribution in [0.1, 0.15) is 23.4 Å². The predicted octanol–water partition coefficient (Wildman–Crippen LogP) is 4.20. The number of hydrogen-bond acceptors (Lipinski definition) is 4. The Morgan fingerprint density at radius 2 is 2.00 bits per heavy atom. The number of ether oxygens (including phenoxy) is 1. The quantitative estimate of drug-likeness (QED) is 0.195. The van der Waals surface area contributed by atoms with Crippen molar-refractivity contribution < 1.29 is 9.13 Å². The summed E-state index contributed by atoms with van der Waals surface area (Å²) in [5, 5.41) is 11.0. The van der Waals surface area contributed by atoms with E-state index < -0.39 is 0 Å². The zero-order valence-corrected chi connectivity index (χ0v) is 20.3. The van der Waals surface area contributed by atoms with Crippen molar-refractivity contribution >= 4 is 29.9 Å². The third-order valence-corrected chi connectivity index (χ3v) is 4.47. The van der Waals surface area contributed by atoms with Crippen LogP contribution in [-0.2, 0) is 13.1 Å². The van der Waals surface area contributed by atoms with Gasteiger partial charge < -0.3 is 15.4 Å². The largest absolute Gasteiger partial charge is 0.439 e. The molecule has 0 fully saturated rings. The van der Waals surface area contributed by atoms with Gasteiger partial charge in [-0.25, -0.2) is 9.37 Å². The van der Waals surface area contributed by atoms with Crippen molar-refractivity contribution in [1.82, 2.24) is 25.4 Å². The number of rotatable bonds is 8. The summed E-state index contributed by atoms with van der Waals surface area (Å²) in [4.78, 5) is 8.53. The summed E-state index contributed by atoms with van der Waals surface area (Å²) in [7, 11) is 1.73. The molecule has 0 unspecified atom stereocenters. The second-order valence-electron chi connectivity index (χ2n) is 6.88. The van der Waals surface area contributed by atoms with Crippen molar-refractivity contribution in [2.24, 2.45) is 4.99 Å². The Morgan fingerprint density at radius 1 is 1.16 bits per heavy atom. The Kier molecular flexibility index (Phi) is 9.70. The van der Waals surface area contributed by atoms with Crippen molar-refractivity contribution in [1.29, 1.82) is 0 Å². The minimum Gasteiger partial charge on any atom is -0.439 e. The number of nitrogens with one attached hydrogen (secondary N) is 2. The molecule has 7 nitrogen and oxygen atoms in total. The van der Waals surface area contributed by atoms with Crippen molar-refractivity contribution in [2.75, 3.05) is 13.6 Å². The first-order chi connectivity index (χ1) is 14.5. The molecule has 166 valence electrons. The minimum absolute atomic E-state index is 0. The van der Waals surface area contributed by atoms with Crippen molar-refractivity contribution in [3.63, 3.8) is 0 Å².